The van der Waals surface area contributed by atoms with E-state index in [4.69, 9.17) is 4.74 Å². The number of hydrogen-bond acceptors (Lipinski definition) is 3. The van der Waals surface area contributed by atoms with Crippen LogP contribution in [-0.2, 0) is 17.9 Å². The molecule has 1 N–H and O–H groups in total. The molecule has 0 radical (unpaired) electrons. The molecule has 0 bridgehead atoms. The van der Waals surface area contributed by atoms with Gasteiger partial charge >= 0.3 is 0 Å². The van der Waals surface area contributed by atoms with Gasteiger partial charge in [0, 0.05) is 13.1 Å². The van der Waals surface area contributed by atoms with Crippen LogP contribution in [0, 0.1) is 0 Å². The first-order valence-corrected chi connectivity index (χ1v) is 10.9. The van der Waals surface area contributed by atoms with Crippen molar-refractivity contribution in [2.24, 2.45) is 0 Å². The van der Waals surface area contributed by atoms with Crippen molar-refractivity contribution in [3.05, 3.63) is 65.2 Å². The van der Waals surface area contributed by atoms with E-state index >= 15 is 0 Å². The molecule has 0 aliphatic carbocycles. The summed E-state index contributed by atoms with van der Waals surface area (Å²) in [4.78, 5) is 15.0. The number of carbonyl (C=O) groups is 1. The maximum atomic E-state index is 12.5. The maximum absolute atomic E-state index is 12.5. The van der Waals surface area contributed by atoms with Crippen LogP contribution in [0.15, 0.2) is 48.5 Å². The minimum absolute atomic E-state index is 0.0963. The number of piperidine rings is 1. The van der Waals surface area contributed by atoms with E-state index in [0.29, 0.717) is 12.5 Å². The second-order valence-corrected chi connectivity index (χ2v) is 8.32. The molecule has 3 rings (SSSR count). The first-order valence-electron chi connectivity index (χ1n) is 10.9. The Hall–Kier alpha value is -2.33. The van der Waals surface area contributed by atoms with E-state index in [1.807, 2.05) is 18.2 Å². The molecule has 1 fully saturated rings. The summed E-state index contributed by atoms with van der Waals surface area (Å²) in [5, 5.41) is 2.99. The van der Waals surface area contributed by atoms with Crippen LogP contribution in [0.5, 0.6) is 5.75 Å². The maximum Gasteiger partial charge on any atom is 0.261 e. The molecule has 156 valence electrons. The number of para-hydroxylation sites is 1. The lowest BCUT2D eigenvalue weighted by molar-refractivity contribution is -0.127. The molecule has 0 unspecified atom stereocenters. The van der Waals surface area contributed by atoms with E-state index in [1.54, 1.807) is 6.92 Å². The van der Waals surface area contributed by atoms with E-state index < -0.39 is 6.10 Å². The van der Waals surface area contributed by atoms with Crippen LogP contribution >= 0.6 is 0 Å². The lowest BCUT2D eigenvalue weighted by Crippen LogP contribution is -2.36. The number of hydrogen-bond donors (Lipinski definition) is 1. The highest BCUT2D eigenvalue weighted by Gasteiger charge is 2.17. The van der Waals surface area contributed by atoms with E-state index in [1.165, 1.54) is 37.9 Å². The summed E-state index contributed by atoms with van der Waals surface area (Å²) in [6.07, 6.45) is 3.45. The van der Waals surface area contributed by atoms with Gasteiger partial charge in [-0.05, 0) is 61.5 Å². The molecule has 1 heterocycles. The zero-order valence-electron chi connectivity index (χ0n) is 18.0. The second kappa shape index (κ2) is 10.4. The molecule has 1 saturated heterocycles. The summed E-state index contributed by atoms with van der Waals surface area (Å²) >= 11 is 0. The molecular formula is C25H34N2O2. The van der Waals surface area contributed by atoms with Crippen molar-refractivity contribution in [3.63, 3.8) is 0 Å². The lowest BCUT2D eigenvalue weighted by Gasteiger charge is -2.26. The summed E-state index contributed by atoms with van der Waals surface area (Å²) in [5.74, 6) is 1.04. The third-order valence-electron chi connectivity index (χ3n) is 5.56. The van der Waals surface area contributed by atoms with Gasteiger partial charge in [0.25, 0.3) is 5.91 Å². The number of ether oxygens (including phenoxy) is 1. The predicted octanol–water partition coefficient (Wildman–Crippen LogP) is 4.88. The number of benzene rings is 2. The largest absolute Gasteiger partial charge is 0.481 e. The van der Waals surface area contributed by atoms with Gasteiger partial charge in [-0.25, -0.2) is 0 Å². The Morgan fingerprint density at radius 3 is 2.31 bits per heavy atom. The molecule has 2 aromatic carbocycles. The van der Waals surface area contributed by atoms with Crippen LogP contribution in [0.1, 0.15) is 62.6 Å². The quantitative estimate of drug-likeness (QED) is 0.694. The fourth-order valence-electron chi connectivity index (χ4n) is 3.78. The third-order valence-corrected chi connectivity index (χ3v) is 5.56. The normalized spacial score (nSPS) is 15.9. The standard InChI is InChI=1S/C25H34N2O2/c1-19(2)23-9-5-6-10-24(23)29-20(3)25(28)26-17-21-11-13-22(14-12-21)18-27-15-7-4-8-16-27/h5-6,9-14,19-20H,4,7-8,15-18H2,1-3H3,(H,26,28)/t20-/m1/s1. The Balaban J connectivity index is 1.48. The van der Waals surface area contributed by atoms with Gasteiger partial charge in [0.05, 0.1) is 0 Å². The molecule has 0 aromatic heterocycles. The summed E-state index contributed by atoms with van der Waals surface area (Å²) in [7, 11) is 0. The van der Waals surface area contributed by atoms with Gasteiger partial charge in [-0.15, -0.1) is 0 Å². The van der Waals surface area contributed by atoms with Crippen molar-refractivity contribution < 1.29 is 9.53 Å². The molecule has 1 atom stereocenters. The van der Waals surface area contributed by atoms with Gasteiger partial charge in [0.2, 0.25) is 0 Å². The fraction of sp³-hybridized carbons (Fsp3) is 0.480. The molecule has 0 saturated carbocycles. The first kappa shape index (κ1) is 21.4. The highest BCUT2D eigenvalue weighted by molar-refractivity contribution is 5.80. The number of carbonyl (C=O) groups excluding carboxylic acids is 1. The van der Waals surface area contributed by atoms with Gasteiger partial charge in [-0.3, -0.25) is 9.69 Å². The molecule has 2 aromatic rings. The Kier molecular flexibility index (Phi) is 7.70. The Labute approximate surface area is 175 Å². The number of nitrogens with one attached hydrogen (secondary N) is 1. The molecule has 1 aliphatic rings. The minimum atomic E-state index is -0.534. The Bertz CT molecular complexity index is 780. The number of nitrogens with zero attached hydrogens (tertiary/aromatic N) is 1. The van der Waals surface area contributed by atoms with Gasteiger partial charge in [-0.1, -0.05) is 62.7 Å². The number of likely N-dealkylation sites (tertiary alicyclic amines) is 1. The summed E-state index contributed by atoms with van der Waals surface area (Å²) in [5.41, 5.74) is 3.57. The summed E-state index contributed by atoms with van der Waals surface area (Å²) < 4.78 is 5.94. The minimum Gasteiger partial charge on any atom is -0.481 e. The van der Waals surface area contributed by atoms with Crippen LogP contribution in [0.4, 0.5) is 0 Å². The van der Waals surface area contributed by atoms with Gasteiger partial charge in [0.1, 0.15) is 5.75 Å². The molecule has 0 spiro atoms. The second-order valence-electron chi connectivity index (χ2n) is 8.32. The summed E-state index contributed by atoms with van der Waals surface area (Å²) in [6, 6.07) is 16.5. The van der Waals surface area contributed by atoms with Gasteiger partial charge in [0.15, 0.2) is 6.10 Å². The van der Waals surface area contributed by atoms with Gasteiger partial charge < -0.3 is 10.1 Å². The van der Waals surface area contributed by atoms with Crippen molar-refractivity contribution in [2.75, 3.05) is 13.1 Å². The van der Waals surface area contributed by atoms with Gasteiger partial charge in [-0.2, -0.15) is 0 Å². The number of amides is 1. The average Bonchev–Trinajstić information content (AvgIpc) is 2.74. The van der Waals surface area contributed by atoms with Crippen LogP contribution in [0.2, 0.25) is 0 Å². The topological polar surface area (TPSA) is 41.6 Å². The highest BCUT2D eigenvalue weighted by atomic mass is 16.5. The van der Waals surface area contributed by atoms with Crippen LogP contribution < -0.4 is 10.1 Å². The number of rotatable bonds is 8. The fourth-order valence-corrected chi connectivity index (χ4v) is 3.78. The summed E-state index contributed by atoms with van der Waals surface area (Å²) in [6.45, 7) is 10.00. The van der Waals surface area contributed by atoms with E-state index in [0.717, 1.165) is 23.4 Å². The smallest absolute Gasteiger partial charge is 0.261 e. The van der Waals surface area contributed by atoms with E-state index in [-0.39, 0.29) is 5.91 Å². The Morgan fingerprint density at radius 1 is 0.966 bits per heavy atom. The highest BCUT2D eigenvalue weighted by Crippen LogP contribution is 2.26. The van der Waals surface area contributed by atoms with Crippen molar-refractivity contribution in [1.29, 1.82) is 0 Å². The molecular weight excluding hydrogens is 360 g/mol. The molecule has 4 heteroatoms. The van der Waals surface area contributed by atoms with Crippen LogP contribution in [0.25, 0.3) is 0 Å². The van der Waals surface area contributed by atoms with Crippen molar-refractivity contribution in [2.45, 2.75) is 65.1 Å². The predicted molar refractivity (Wildman–Crippen MR) is 118 cm³/mol. The lowest BCUT2D eigenvalue weighted by atomic mass is 10.0. The third kappa shape index (κ3) is 6.33. The average molecular weight is 395 g/mol. The van der Waals surface area contributed by atoms with Crippen molar-refractivity contribution in [3.8, 4) is 5.75 Å². The van der Waals surface area contributed by atoms with Crippen LogP contribution in [0.3, 0.4) is 0 Å². The van der Waals surface area contributed by atoms with E-state index in [9.17, 15) is 4.79 Å². The monoisotopic (exact) mass is 394 g/mol. The Morgan fingerprint density at radius 2 is 1.62 bits per heavy atom. The molecule has 1 aliphatic heterocycles. The molecule has 29 heavy (non-hydrogen) atoms. The molecule has 1 amide bonds. The zero-order valence-corrected chi connectivity index (χ0v) is 18.0. The molecule has 4 nitrogen and oxygen atoms in total. The van der Waals surface area contributed by atoms with Crippen LogP contribution in [-0.4, -0.2) is 30.0 Å². The SMILES string of the molecule is CC(C)c1ccccc1O[C@H](C)C(=O)NCc1ccc(CN2CCCCC2)cc1. The van der Waals surface area contributed by atoms with Crippen molar-refractivity contribution >= 4 is 5.91 Å². The first-order chi connectivity index (χ1) is 14.0. The van der Waals surface area contributed by atoms with E-state index in [2.05, 4.69) is 54.4 Å². The van der Waals surface area contributed by atoms with Crippen molar-refractivity contribution in [1.82, 2.24) is 10.2 Å². The zero-order chi connectivity index (χ0) is 20.6.